The Morgan fingerprint density at radius 2 is 2.26 bits per heavy atom. The van der Waals surface area contributed by atoms with E-state index in [1.165, 1.54) is 0 Å². The lowest BCUT2D eigenvalue weighted by molar-refractivity contribution is 0.0682. The Morgan fingerprint density at radius 3 is 3.00 bits per heavy atom. The molecule has 0 spiro atoms. The zero-order chi connectivity index (χ0) is 16.6. The second-order valence-electron chi connectivity index (χ2n) is 6.05. The minimum Gasteiger partial charge on any atom is -0.393 e. The van der Waals surface area contributed by atoms with Gasteiger partial charge >= 0.3 is 0 Å². The summed E-state index contributed by atoms with van der Waals surface area (Å²) in [5.74, 6) is -0.0744. The molecule has 23 heavy (non-hydrogen) atoms. The molecule has 7 heteroatoms. The van der Waals surface area contributed by atoms with Crippen LogP contribution < -0.4 is 5.56 Å². The molecule has 1 amide bonds. The van der Waals surface area contributed by atoms with Crippen molar-refractivity contribution < 1.29 is 9.90 Å². The highest BCUT2D eigenvalue weighted by atomic mass is 32.1. The van der Waals surface area contributed by atoms with Crippen molar-refractivity contribution in [3.05, 3.63) is 38.9 Å². The molecule has 3 N–H and O–H groups in total. The van der Waals surface area contributed by atoms with E-state index in [0.717, 1.165) is 12.8 Å². The van der Waals surface area contributed by atoms with Crippen LogP contribution in [0.5, 0.6) is 0 Å². The summed E-state index contributed by atoms with van der Waals surface area (Å²) in [6.45, 7) is 2.43. The maximum Gasteiger partial charge on any atom is 0.259 e. The van der Waals surface area contributed by atoms with Crippen LogP contribution in [0.1, 0.15) is 36.5 Å². The maximum atomic E-state index is 12.8. The molecule has 0 radical (unpaired) electrons. The molecule has 2 aromatic rings. The van der Waals surface area contributed by atoms with Gasteiger partial charge in [-0.25, -0.2) is 0 Å². The standard InChI is InChI=1S/C16H19N3O3S/c1-9(20)7-11-3-2-6-19(11)15(22)10-4-5-12-13(8-10)17-16(23)18-14(12)21/h4-5,8-9,11,20H,2-3,6-7H2,1H3,(H2,17,18,21,23)/t9-,11-/m1/s1. The van der Waals surface area contributed by atoms with Gasteiger partial charge in [-0.05, 0) is 56.6 Å². The number of carbonyl (C=O) groups is 1. The van der Waals surface area contributed by atoms with Gasteiger partial charge < -0.3 is 15.0 Å². The van der Waals surface area contributed by atoms with Crippen molar-refractivity contribution >= 4 is 29.0 Å². The van der Waals surface area contributed by atoms with E-state index in [9.17, 15) is 14.7 Å². The van der Waals surface area contributed by atoms with Crippen LogP contribution >= 0.6 is 12.2 Å². The Morgan fingerprint density at radius 1 is 1.48 bits per heavy atom. The molecule has 122 valence electrons. The first kappa shape index (κ1) is 15.9. The summed E-state index contributed by atoms with van der Waals surface area (Å²) >= 11 is 4.98. The van der Waals surface area contributed by atoms with Gasteiger partial charge in [0, 0.05) is 18.2 Å². The molecule has 1 fully saturated rings. The quantitative estimate of drug-likeness (QED) is 0.749. The van der Waals surface area contributed by atoms with Crippen LogP contribution in [0.3, 0.4) is 0 Å². The van der Waals surface area contributed by atoms with Gasteiger partial charge in [-0.3, -0.25) is 14.6 Å². The van der Waals surface area contributed by atoms with Crippen molar-refractivity contribution in [2.45, 2.75) is 38.3 Å². The van der Waals surface area contributed by atoms with E-state index >= 15 is 0 Å². The highest BCUT2D eigenvalue weighted by Crippen LogP contribution is 2.24. The third kappa shape index (κ3) is 3.20. The van der Waals surface area contributed by atoms with Crippen LogP contribution in [0.25, 0.3) is 10.9 Å². The molecule has 1 aliphatic rings. The van der Waals surface area contributed by atoms with Gasteiger partial charge in [0.15, 0.2) is 4.77 Å². The zero-order valence-electron chi connectivity index (χ0n) is 12.8. The van der Waals surface area contributed by atoms with Crippen LogP contribution in [0.15, 0.2) is 23.0 Å². The summed E-state index contributed by atoms with van der Waals surface area (Å²) in [5.41, 5.74) is 0.804. The van der Waals surface area contributed by atoms with E-state index in [-0.39, 0.29) is 22.3 Å². The first-order chi connectivity index (χ1) is 11.0. The van der Waals surface area contributed by atoms with Gasteiger partial charge in [0.2, 0.25) is 0 Å². The lowest BCUT2D eigenvalue weighted by Crippen LogP contribution is -2.37. The van der Waals surface area contributed by atoms with Crippen LogP contribution in [-0.2, 0) is 0 Å². The number of H-pyrrole nitrogens is 2. The zero-order valence-corrected chi connectivity index (χ0v) is 13.7. The van der Waals surface area contributed by atoms with Crippen molar-refractivity contribution in [2.24, 2.45) is 0 Å². The number of nitrogens with zero attached hydrogens (tertiary/aromatic N) is 1. The number of hydrogen-bond acceptors (Lipinski definition) is 4. The van der Waals surface area contributed by atoms with E-state index in [1.807, 2.05) is 4.90 Å². The fourth-order valence-electron chi connectivity index (χ4n) is 3.21. The lowest BCUT2D eigenvalue weighted by atomic mass is 10.1. The molecule has 0 unspecified atom stereocenters. The van der Waals surface area contributed by atoms with Crippen molar-refractivity contribution in [1.82, 2.24) is 14.9 Å². The summed E-state index contributed by atoms with van der Waals surface area (Å²) < 4.78 is 0.236. The molecular formula is C16H19N3O3S. The summed E-state index contributed by atoms with van der Waals surface area (Å²) in [6.07, 6.45) is 2.01. The summed E-state index contributed by atoms with van der Waals surface area (Å²) in [7, 11) is 0. The molecule has 0 bridgehead atoms. The van der Waals surface area contributed by atoms with Gasteiger partial charge in [-0.2, -0.15) is 0 Å². The SMILES string of the molecule is C[C@@H](O)C[C@H]1CCCN1C(=O)c1ccc2c(=O)[nH]c(=S)[nH]c2c1. The monoisotopic (exact) mass is 333 g/mol. The average molecular weight is 333 g/mol. The predicted octanol–water partition coefficient (Wildman–Crippen LogP) is 1.96. The fraction of sp³-hybridized carbons (Fsp3) is 0.438. The number of aliphatic hydroxyl groups is 1. The Kier molecular flexibility index (Phi) is 4.32. The van der Waals surface area contributed by atoms with E-state index < -0.39 is 6.10 Å². The number of carbonyl (C=O) groups excluding carboxylic acids is 1. The molecule has 6 nitrogen and oxygen atoms in total. The number of fused-ring (bicyclic) bond motifs is 1. The number of aromatic amines is 2. The second-order valence-corrected chi connectivity index (χ2v) is 6.46. The van der Waals surface area contributed by atoms with Gasteiger partial charge in [0.05, 0.1) is 17.0 Å². The van der Waals surface area contributed by atoms with E-state index in [0.29, 0.717) is 29.4 Å². The number of aromatic nitrogens is 2. The normalized spacial score (nSPS) is 19.2. The first-order valence-electron chi connectivity index (χ1n) is 7.71. The third-order valence-electron chi connectivity index (χ3n) is 4.24. The number of amides is 1. The van der Waals surface area contributed by atoms with Crippen LogP contribution in [0.2, 0.25) is 0 Å². The minimum absolute atomic E-state index is 0.0656. The minimum atomic E-state index is -0.431. The molecule has 0 aliphatic carbocycles. The van der Waals surface area contributed by atoms with Crippen LogP contribution in [0, 0.1) is 4.77 Å². The molecule has 2 heterocycles. The molecule has 0 saturated carbocycles. The highest BCUT2D eigenvalue weighted by molar-refractivity contribution is 7.71. The van der Waals surface area contributed by atoms with Crippen LogP contribution in [0.4, 0.5) is 0 Å². The second kappa shape index (κ2) is 6.25. The van der Waals surface area contributed by atoms with Gasteiger partial charge in [-0.1, -0.05) is 0 Å². The van der Waals surface area contributed by atoms with Crippen molar-refractivity contribution in [2.75, 3.05) is 6.54 Å². The van der Waals surface area contributed by atoms with Crippen molar-refractivity contribution in [1.29, 1.82) is 0 Å². The molecule has 2 atom stereocenters. The Labute approximate surface area is 138 Å². The summed E-state index contributed by atoms with van der Waals surface area (Å²) in [4.78, 5) is 31.9. The number of hydrogen-bond donors (Lipinski definition) is 3. The van der Waals surface area contributed by atoms with Gasteiger partial charge in [-0.15, -0.1) is 0 Å². The van der Waals surface area contributed by atoms with E-state index in [1.54, 1.807) is 25.1 Å². The van der Waals surface area contributed by atoms with Crippen molar-refractivity contribution in [3.63, 3.8) is 0 Å². The molecule has 1 aromatic carbocycles. The van der Waals surface area contributed by atoms with E-state index in [2.05, 4.69) is 9.97 Å². The Hall–Kier alpha value is -1.99. The molecule has 1 saturated heterocycles. The smallest absolute Gasteiger partial charge is 0.259 e. The molecule has 1 aromatic heterocycles. The predicted molar refractivity (Wildman–Crippen MR) is 90.1 cm³/mol. The summed E-state index contributed by atoms with van der Waals surface area (Å²) in [5, 5.41) is 10.1. The van der Waals surface area contributed by atoms with Crippen LogP contribution in [-0.4, -0.2) is 44.6 Å². The topological polar surface area (TPSA) is 89.2 Å². The Bertz CT molecular complexity index is 856. The average Bonchev–Trinajstić information content (AvgIpc) is 2.92. The maximum absolute atomic E-state index is 12.8. The number of benzene rings is 1. The summed E-state index contributed by atoms with van der Waals surface area (Å²) in [6, 6.07) is 5.03. The molecule has 1 aliphatic heterocycles. The number of aliphatic hydroxyl groups excluding tert-OH is 1. The van der Waals surface area contributed by atoms with Crippen molar-refractivity contribution in [3.8, 4) is 0 Å². The molecular weight excluding hydrogens is 314 g/mol. The number of nitrogens with one attached hydrogen (secondary N) is 2. The van der Waals surface area contributed by atoms with E-state index in [4.69, 9.17) is 12.2 Å². The van der Waals surface area contributed by atoms with Gasteiger partial charge in [0.25, 0.3) is 11.5 Å². The number of likely N-dealkylation sites (tertiary alicyclic amines) is 1. The largest absolute Gasteiger partial charge is 0.393 e. The fourth-order valence-corrected chi connectivity index (χ4v) is 3.41. The first-order valence-corrected chi connectivity index (χ1v) is 8.12. The Balaban J connectivity index is 1.94. The highest BCUT2D eigenvalue weighted by Gasteiger charge is 2.30. The third-order valence-corrected chi connectivity index (χ3v) is 4.44. The lowest BCUT2D eigenvalue weighted by Gasteiger charge is -2.25. The molecule has 3 rings (SSSR count). The number of rotatable bonds is 3. The van der Waals surface area contributed by atoms with Gasteiger partial charge in [0.1, 0.15) is 0 Å².